The van der Waals surface area contributed by atoms with Gasteiger partial charge in [0.15, 0.2) is 5.65 Å². The lowest BCUT2D eigenvalue weighted by molar-refractivity contribution is 0.0932. The van der Waals surface area contributed by atoms with Gasteiger partial charge in [0.1, 0.15) is 11.5 Å². The van der Waals surface area contributed by atoms with Gasteiger partial charge in [0, 0.05) is 17.0 Å². The molecule has 1 amide bonds. The lowest BCUT2D eigenvalue weighted by atomic mass is 9.93. The van der Waals surface area contributed by atoms with Crippen molar-refractivity contribution in [1.29, 1.82) is 0 Å². The van der Waals surface area contributed by atoms with Crippen LogP contribution < -0.4 is 5.32 Å². The third-order valence-electron chi connectivity index (χ3n) is 5.22. The summed E-state index contributed by atoms with van der Waals surface area (Å²) in [6, 6.07) is 19.3. The predicted octanol–water partition coefficient (Wildman–Crippen LogP) is 5.32. The molecule has 1 N–H and O–H groups in total. The second kappa shape index (κ2) is 7.95. The largest absolute Gasteiger partial charge is 0.344 e. The van der Waals surface area contributed by atoms with E-state index < -0.39 is 0 Å². The molecule has 0 saturated carbocycles. The zero-order chi connectivity index (χ0) is 22.2. The van der Waals surface area contributed by atoms with Crippen LogP contribution in [0.15, 0.2) is 66.7 Å². The summed E-state index contributed by atoms with van der Waals surface area (Å²) >= 11 is 0. The Hall–Kier alpha value is -3.54. The molecule has 4 aromatic rings. The molecule has 2 heterocycles. The lowest BCUT2D eigenvalue weighted by Gasteiger charge is -2.16. The van der Waals surface area contributed by atoms with Gasteiger partial charge < -0.3 is 5.32 Å². The molecular formula is C25H25FN4O. The molecule has 1 atom stereocenters. The van der Waals surface area contributed by atoms with Crippen molar-refractivity contribution in [2.45, 2.75) is 39.2 Å². The molecule has 1 unspecified atom stereocenters. The van der Waals surface area contributed by atoms with Crippen LogP contribution in [0.1, 0.15) is 55.5 Å². The molecule has 158 valence electrons. The number of fused-ring (bicyclic) bond motifs is 1. The minimum atomic E-state index is -0.321. The quantitative estimate of drug-likeness (QED) is 0.490. The maximum absolute atomic E-state index is 13.4. The number of aromatic nitrogens is 3. The summed E-state index contributed by atoms with van der Waals surface area (Å²) in [6.45, 7) is 8.13. The number of benzene rings is 2. The number of hydrogen-bond donors (Lipinski definition) is 1. The number of carbonyl (C=O) groups excluding carboxylic acids is 1. The molecule has 0 radical (unpaired) electrons. The SMILES string of the molecule is CC(NC(=O)c1cc(-c2ccc(F)cc2)nc2cc(C(C)(C)C)nn12)c1ccccc1. The molecule has 6 heteroatoms. The highest BCUT2D eigenvalue weighted by atomic mass is 19.1. The summed E-state index contributed by atoms with van der Waals surface area (Å²) in [4.78, 5) is 18.0. The van der Waals surface area contributed by atoms with Crippen molar-refractivity contribution < 1.29 is 9.18 Å². The number of hydrogen-bond acceptors (Lipinski definition) is 3. The smallest absolute Gasteiger partial charge is 0.270 e. The van der Waals surface area contributed by atoms with Gasteiger partial charge in [-0.3, -0.25) is 4.79 Å². The van der Waals surface area contributed by atoms with Gasteiger partial charge in [0.25, 0.3) is 5.91 Å². The van der Waals surface area contributed by atoms with E-state index >= 15 is 0 Å². The van der Waals surface area contributed by atoms with Crippen molar-refractivity contribution >= 4 is 11.6 Å². The van der Waals surface area contributed by atoms with Crippen LogP contribution in [-0.4, -0.2) is 20.5 Å². The Balaban J connectivity index is 1.80. The topological polar surface area (TPSA) is 59.3 Å². The molecule has 0 spiro atoms. The van der Waals surface area contributed by atoms with Crippen molar-refractivity contribution in [1.82, 2.24) is 19.9 Å². The Bertz CT molecular complexity index is 1220. The van der Waals surface area contributed by atoms with Crippen LogP contribution in [0.3, 0.4) is 0 Å². The average molecular weight is 417 g/mol. The number of carbonyl (C=O) groups is 1. The predicted molar refractivity (Wildman–Crippen MR) is 119 cm³/mol. The van der Waals surface area contributed by atoms with Crippen molar-refractivity contribution in [3.05, 3.63) is 89.5 Å². The number of halogens is 1. The highest BCUT2D eigenvalue weighted by Gasteiger charge is 2.23. The van der Waals surface area contributed by atoms with Crippen LogP contribution in [0.5, 0.6) is 0 Å². The van der Waals surface area contributed by atoms with Gasteiger partial charge in [-0.15, -0.1) is 0 Å². The standard InChI is InChI=1S/C25H25FN4O/c1-16(17-8-6-5-7-9-17)27-24(31)21-14-20(18-10-12-19(26)13-11-18)28-23-15-22(25(2,3)4)29-30(21)23/h5-16H,1-4H3,(H,27,31). The molecule has 31 heavy (non-hydrogen) atoms. The Morgan fingerprint density at radius 1 is 1.03 bits per heavy atom. The van der Waals surface area contributed by atoms with Crippen LogP contribution in [0, 0.1) is 5.82 Å². The van der Waals surface area contributed by atoms with Crippen molar-refractivity contribution in [2.75, 3.05) is 0 Å². The van der Waals surface area contributed by atoms with Gasteiger partial charge in [0.2, 0.25) is 0 Å². The number of nitrogens with zero attached hydrogens (tertiary/aromatic N) is 3. The molecule has 2 aromatic heterocycles. The molecule has 0 aliphatic heterocycles. The number of nitrogens with one attached hydrogen (secondary N) is 1. The minimum Gasteiger partial charge on any atom is -0.344 e. The van der Waals surface area contributed by atoms with E-state index in [-0.39, 0.29) is 23.2 Å². The minimum absolute atomic E-state index is 0.177. The Morgan fingerprint density at radius 2 is 1.71 bits per heavy atom. The second-order valence-corrected chi connectivity index (χ2v) is 8.69. The fraction of sp³-hybridized carbons (Fsp3) is 0.240. The third kappa shape index (κ3) is 4.33. The highest BCUT2D eigenvalue weighted by molar-refractivity contribution is 5.94. The van der Waals surface area contributed by atoms with Gasteiger partial charge in [-0.05, 0) is 42.8 Å². The van der Waals surface area contributed by atoms with Gasteiger partial charge >= 0.3 is 0 Å². The van der Waals surface area contributed by atoms with E-state index in [1.165, 1.54) is 12.1 Å². The summed E-state index contributed by atoms with van der Waals surface area (Å²) < 4.78 is 15.0. The molecule has 5 nitrogen and oxygen atoms in total. The Morgan fingerprint density at radius 3 is 2.35 bits per heavy atom. The van der Waals surface area contributed by atoms with E-state index in [2.05, 4.69) is 36.2 Å². The first kappa shape index (κ1) is 20.7. The first-order valence-corrected chi connectivity index (χ1v) is 10.3. The fourth-order valence-electron chi connectivity index (χ4n) is 3.37. The molecular weight excluding hydrogens is 391 g/mol. The van der Waals surface area contributed by atoms with E-state index in [9.17, 15) is 9.18 Å². The van der Waals surface area contributed by atoms with Crippen LogP contribution >= 0.6 is 0 Å². The van der Waals surface area contributed by atoms with E-state index in [0.29, 0.717) is 17.0 Å². The summed E-state index contributed by atoms with van der Waals surface area (Å²) in [5.74, 6) is -0.575. The van der Waals surface area contributed by atoms with Crippen molar-refractivity contribution in [2.24, 2.45) is 0 Å². The maximum Gasteiger partial charge on any atom is 0.270 e. The van der Waals surface area contributed by atoms with E-state index in [1.54, 1.807) is 22.7 Å². The van der Waals surface area contributed by atoms with E-state index in [1.807, 2.05) is 43.3 Å². The Labute approximate surface area is 181 Å². The van der Waals surface area contributed by atoms with Gasteiger partial charge in [-0.25, -0.2) is 13.9 Å². The summed E-state index contributed by atoms with van der Waals surface area (Å²) in [5, 5.41) is 7.72. The zero-order valence-electron chi connectivity index (χ0n) is 18.1. The highest BCUT2D eigenvalue weighted by Crippen LogP contribution is 2.25. The van der Waals surface area contributed by atoms with Crippen molar-refractivity contribution in [3.63, 3.8) is 0 Å². The van der Waals surface area contributed by atoms with Gasteiger partial charge in [-0.2, -0.15) is 5.10 Å². The molecule has 4 rings (SSSR count). The fourth-order valence-corrected chi connectivity index (χ4v) is 3.37. The van der Waals surface area contributed by atoms with Gasteiger partial charge in [0.05, 0.1) is 17.4 Å². The van der Waals surface area contributed by atoms with E-state index in [0.717, 1.165) is 16.8 Å². The van der Waals surface area contributed by atoms with Crippen LogP contribution in [0.2, 0.25) is 0 Å². The van der Waals surface area contributed by atoms with Crippen molar-refractivity contribution in [3.8, 4) is 11.3 Å². The number of amides is 1. The molecule has 0 bridgehead atoms. The zero-order valence-corrected chi connectivity index (χ0v) is 18.1. The van der Waals surface area contributed by atoms with E-state index in [4.69, 9.17) is 0 Å². The average Bonchev–Trinajstić information content (AvgIpc) is 3.19. The Kier molecular flexibility index (Phi) is 5.31. The summed E-state index contributed by atoms with van der Waals surface area (Å²) in [7, 11) is 0. The molecule has 0 aliphatic carbocycles. The van der Waals surface area contributed by atoms with Crippen LogP contribution in [0.4, 0.5) is 4.39 Å². The maximum atomic E-state index is 13.4. The molecule has 0 aliphatic rings. The normalized spacial score (nSPS) is 12.7. The first-order chi connectivity index (χ1) is 14.7. The summed E-state index contributed by atoms with van der Waals surface area (Å²) in [6.07, 6.45) is 0. The molecule has 0 fully saturated rings. The van der Waals surface area contributed by atoms with Crippen LogP contribution in [-0.2, 0) is 5.41 Å². The third-order valence-corrected chi connectivity index (χ3v) is 5.22. The number of rotatable bonds is 4. The summed E-state index contributed by atoms with van der Waals surface area (Å²) in [5.41, 5.74) is 3.91. The van der Waals surface area contributed by atoms with Gasteiger partial charge in [-0.1, -0.05) is 51.1 Å². The molecule has 2 aromatic carbocycles. The monoisotopic (exact) mass is 416 g/mol. The molecule has 0 saturated heterocycles. The lowest BCUT2D eigenvalue weighted by Crippen LogP contribution is -2.29. The first-order valence-electron chi connectivity index (χ1n) is 10.3. The second-order valence-electron chi connectivity index (χ2n) is 8.69. The van der Waals surface area contributed by atoms with Crippen LogP contribution in [0.25, 0.3) is 16.9 Å².